The number of nitrogens with zero attached hydrogens (tertiary/aromatic N) is 5. The van der Waals surface area contributed by atoms with Crippen LogP contribution in [-0.2, 0) is 13.1 Å². The summed E-state index contributed by atoms with van der Waals surface area (Å²) >= 11 is 1.45. The zero-order valence-electron chi connectivity index (χ0n) is 16.8. The predicted molar refractivity (Wildman–Crippen MR) is 113 cm³/mol. The van der Waals surface area contributed by atoms with Crippen LogP contribution in [0.1, 0.15) is 31.2 Å². The molecule has 1 aliphatic heterocycles. The minimum absolute atomic E-state index is 0.602. The Morgan fingerprint density at radius 2 is 1.93 bits per heavy atom. The molecule has 29 heavy (non-hydrogen) atoms. The molecule has 0 aromatic carbocycles. The van der Waals surface area contributed by atoms with Gasteiger partial charge in [-0.05, 0) is 68.0 Å². The molecule has 0 radical (unpaired) electrons. The van der Waals surface area contributed by atoms with Gasteiger partial charge in [-0.2, -0.15) is 0 Å². The number of furan rings is 1. The highest BCUT2D eigenvalue weighted by molar-refractivity contribution is 7.99. The molecule has 6 nitrogen and oxygen atoms in total. The van der Waals surface area contributed by atoms with Crippen LogP contribution in [0.15, 0.2) is 69.7 Å². The second kappa shape index (κ2) is 10.0. The topological polar surface area (TPSA) is 58.3 Å². The molecule has 1 saturated heterocycles. The molecule has 4 rings (SSSR count). The van der Waals surface area contributed by atoms with E-state index in [9.17, 15) is 0 Å². The van der Waals surface area contributed by atoms with Gasteiger partial charge in [0.15, 0.2) is 10.2 Å². The largest absolute Gasteiger partial charge is 0.453 e. The van der Waals surface area contributed by atoms with Gasteiger partial charge in [-0.25, -0.2) is 9.97 Å². The summed E-state index contributed by atoms with van der Waals surface area (Å²) in [5, 5.41) is 1.52. The smallest absolute Gasteiger partial charge is 0.195 e. The highest BCUT2D eigenvalue weighted by atomic mass is 32.2. The number of aromatic nitrogens is 3. The van der Waals surface area contributed by atoms with Crippen molar-refractivity contribution in [2.45, 2.75) is 49.1 Å². The minimum Gasteiger partial charge on any atom is -0.453 e. The third-order valence-corrected chi connectivity index (χ3v) is 6.05. The van der Waals surface area contributed by atoms with E-state index < -0.39 is 0 Å². The fraction of sp³-hybridized carbons (Fsp3) is 0.409. The minimum atomic E-state index is 0.602. The fourth-order valence-electron chi connectivity index (χ4n) is 3.87. The van der Waals surface area contributed by atoms with Crippen molar-refractivity contribution < 1.29 is 4.42 Å². The van der Waals surface area contributed by atoms with Crippen LogP contribution in [0.2, 0.25) is 0 Å². The molecule has 152 valence electrons. The Kier molecular flexibility index (Phi) is 6.92. The average Bonchev–Trinajstić information content (AvgIpc) is 3.38. The summed E-state index contributed by atoms with van der Waals surface area (Å²) in [7, 11) is 0. The first-order chi connectivity index (χ1) is 14.3. The third kappa shape index (κ3) is 5.65. The van der Waals surface area contributed by atoms with Crippen LogP contribution in [0.4, 0.5) is 0 Å². The molecule has 0 spiro atoms. The van der Waals surface area contributed by atoms with Gasteiger partial charge in [0, 0.05) is 37.7 Å². The van der Waals surface area contributed by atoms with Crippen LogP contribution in [0, 0.1) is 0 Å². The Bertz CT molecular complexity index is 873. The van der Waals surface area contributed by atoms with Gasteiger partial charge in [0.1, 0.15) is 5.76 Å². The Balaban J connectivity index is 1.44. The third-order valence-electron chi connectivity index (χ3n) is 5.24. The molecular formula is C22H27N5OS. The quantitative estimate of drug-likeness (QED) is 0.493. The first-order valence-electron chi connectivity index (χ1n) is 10.2. The van der Waals surface area contributed by atoms with Gasteiger partial charge in [0.25, 0.3) is 0 Å². The summed E-state index contributed by atoms with van der Waals surface area (Å²) in [6.07, 6.45) is 7.90. The maximum Gasteiger partial charge on any atom is 0.195 e. The fourth-order valence-corrected chi connectivity index (χ4v) is 4.56. The molecular weight excluding hydrogens is 382 g/mol. The van der Waals surface area contributed by atoms with Crippen LogP contribution >= 0.6 is 11.8 Å². The van der Waals surface area contributed by atoms with E-state index in [2.05, 4.69) is 49.9 Å². The Morgan fingerprint density at radius 1 is 1.07 bits per heavy atom. The second-order valence-corrected chi connectivity index (χ2v) is 8.24. The van der Waals surface area contributed by atoms with E-state index >= 15 is 0 Å². The van der Waals surface area contributed by atoms with E-state index in [1.54, 1.807) is 12.4 Å². The first-order valence-corrected chi connectivity index (χ1v) is 11.0. The lowest BCUT2D eigenvalue weighted by atomic mass is 10.2. The van der Waals surface area contributed by atoms with Crippen LogP contribution in [0.3, 0.4) is 0 Å². The van der Waals surface area contributed by atoms with Crippen LogP contribution < -0.4 is 0 Å². The number of likely N-dealkylation sites (N-methyl/N-ethyl adjacent to an activating group) is 1. The molecule has 0 N–H and O–H groups in total. The molecule has 1 fully saturated rings. The lowest BCUT2D eigenvalue weighted by Crippen LogP contribution is -2.39. The first kappa shape index (κ1) is 20.1. The van der Waals surface area contributed by atoms with Gasteiger partial charge in [-0.1, -0.05) is 13.0 Å². The predicted octanol–water partition coefficient (Wildman–Crippen LogP) is 4.10. The van der Waals surface area contributed by atoms with E-state index in [1.165, 1.54) is 31.1 Å². The molecule has 3 aromatic rings. The lowest BCUT2D eigenvalue weighted by Gasteiger charge is -2.29. The Morgan fingerprint density at radius 3 is 2.72 bits per heavy atom. The van der Waals surface area contributed by atoms with Gasteiger partial charge in [-0.3, -0.25) is 14.8 Å². The number of likely N-dealkylation sites (tertiary alicyclic amines) is 1. The SMILES string of the molecule is CCN1CCCC1CN(Cc1ccccn1)Cc1ccc(Sc2ncccn2)o1. The maximum atomic E-state index is 6.08. The molecule has 0 saturated carbocycles. The molecule has 0 bridgehead atoms. The standard InChI is InChI=1S/C22H27N5OS/c1-2-27-14-5-8-19(27)16-26(15-18-7-3-4-11-23-18)17-20-9-10-21(28-20)29-22-24-12-6-13-25-22/h3-4,6-7,9-13,19H,2,5,8,14-17H2,1H3. The van der Waals surface area contributed by atoms with Crippen molar-refractivity contribution >= 4 is 11.8 Å². The summed E-state index contributed by atoms with van der Waals surface area (Å²) in [4.78, 5) is 18.1. The summed E-state index contributed by atoms with van der Waals surface area (Å²) in [6, 6.07) is 12.6. The molecule has 4 heterocycles. The molecule has 1 unspecified atom stereocenters. The average molecular weight is 410 g/mol. The molecule has 0 aliphatic carbocycles. The van der Waals surface area contributed by atoms with Gasteiger partial charge >= 0.3 is 0 Å². The van der Waals surface area contributed by atoms with Gasteiger partial charge < -0.3 is 4.42 Å². The molecule has 1 aliphatic rings. The zero-order valence-corrected chi connectivity index (χ0v) is 17.6. The molecule has 7 heteroatoms. The van der Waals surface area contributed by atoms with E-state index in [4.69, 9.17) is 4.42 Å². The number of rotatable bonds is 9. The normalized spacial score (nSPS) is 17.2. The molecule has 0 amide bonds. The monoisotopic (exact) mass is 409 g/mol. The van der Waals surface area contributed by atoms with Crippen LogP contribution in [0.25, 0.3) is 0 Å². The lowest BCUT2D eigenvalue weighted by molar-refractivity contribution is 0.155. The van der Waals surface area contributed by atoms with E-state index in [-0.39, 0.29) is 0 Å². The van der Waals surface area contributed by atoms with E-state index in [1.807, 2.05) is 24.4 Å². The summed E-state index contributed by atoms with van der Waals surface area (Å²) in [6.45, 7) is 7.18. The van der Waals surface area contributed by atoms with Crippen molar-refractivity contribution in [1.82, 2.24) is 24.8 Å². The van der Waals surface area contributed by atoms with Crippen molar-refractivity contribution in [3.05, 3.63) is 66.4 Å². The Hall–Kier alpha value is -2.22. The van der Waals surface area contributed by atoms with Crippen molar-refractivity contribution in [2.24, 2.45) is 0 Å². The number of pyridine rings is 1. The summed E-state index contributed by atoms with van der Waals surface area (Å²) < 4.78 is 6.08. The summed E-state index contributed by atoms with van der Waals surface area (Å²) in [5.74, 6) is 0.959. The van der Waals surface area contributed by atoms with E-state index in [0.29, 0.717) is 11.2 Å². The van der Waals surface area contributed by atoms with Gasteiger partial charge in [0.05, 0.1) is 12.2 Å². The number of hydrogen-bond acceptors (Lipinski definition) is 7. The van der Waals surface area contributed by atoms with Crippen LogP contribution in [-0.4, -0.2) is 50.4 Å². The van der Waals surface area contributed by atoms with Crippen molar-refractivity contribution in [2.75, 3.05) is 19.6 Å². The van der Waals surface area contributed by atoms with E-state index in [0.717, 1.165) is 42.7 Å². The molecule has 3 aromatic heterocycles. The van der Waals surface area contributed by atoms with Gasteiger partial charge in [0.2, 0.25) is 0 Å². The van der Waals surface area contributed by atoms with Crippen molar-refractivity contribution in [1.29, 1.82) is 0 Å². The second-order valence-electron chi connectivity index (χ2n) is 7.27. The zero-order chi connectivity index (χ0) is 19.9. The molecule has 1 atom stereocenters. The van der Waals surface area contributed by atoms with Crippen molar-refractivity contribution in [3.8, 4) is 0 Å². The maximum absolute atomic E-state index is 6.08. The van der Waals surface area contributed by atoms with Gasteiger partial charge in [-0.15, -0.1) is 0 Å². The summed E-state index contributed by atoms with van der Waals surface area (Å²) in [5.41, 5.74) is 1.09. The number of hydrogen-bond donors (Lipinski definition) is 0. The highest BCUT2D eigenvalue weighted by Gasteiger charge is 2.25. The van der Waals surface area contributed by atoms with Crippen molar-refractivity contribution in [3.63, 3.8) is 0 Å². The highest BCUT2D eigenvalue weighted by Crippen LogP contribution is 2.27. The Labute approximate surface area is 176 Å². The van der Waals surface area contributed by atoms with Crippen LogP contribution in [0.5, 0.6) is 0 Å².